The molecule has 130 valence electrons. The lowest BCUT2D eigenvalue weighted by Crippen LogP contribution is -1.95. The standard InChI is InChI=1S/C24H19N3/c1-16-4-3-5-18(12-16)20-7-6-19(13-17(20)2)27-23-8-10-25-14-21(23)22-15-26-11-9-24(22)27/h3-15H,1-2H3. The maximum Gasteiger partial charge on any atom is 0.0572 e. The first kappa shape index (κ1) is 15.8. The molecular formula is C24H19N3. The normalized spacial score (nSPS) is 11.3. The van der Waals surface area contributed by atoms with Crippen LogP contribution in [0.25, 0.3) is 38.6 Å². The van der Waals surface area contributed by atoms with Crippen LogP contribution in [-0.4, -0.2) is 14.5 Å². The van der Waals surface area contributed by atoms with Crippen molar-refractivity contribution in [1.82, 2.24) is 14.5 Å². The highest BCUT2D eigenvalue weighted by molar-refractivity contribution is 6.08. The Morgan fingerprint density at radius 3 is 2.07 bits per heavy atom. The van der Waals surface area contributed by atoms with Gasteiger partial charge in [-0.3, -0.25) is 9.97 Å². The third kappa shape index (κ3) is 2.51. The molecule has 3 heteroatoms. The highest BCUT2D eigenvalue weighted by atomic mass is 15.0. The van der Waals surface area contributed by atoms with Gasteiger partial charge < -0.3 is 4.57 Å². The van der Waals surface area contributed by atoms with Gasteiger partial charge in [0.25, 0.3) is 0 Å². The van der Waals surface area contributed by atoms with Crippen molar-refractivity contribution in [2.75, 3.05) is 0 Å². The van der Waals surface area contributed by atoms with Crippen LogP contribution in [0.4, 0.5) is 0 Å². The maximum atomic E-state index is 4.31. The Hall–Kier alpha value is -3.46. The summed E-state index contributed by atoms with van der Waals surface area (Å²) in [5.41, 5.74) is 8.52. The van der Waals surface area contributed by atoms with Gasteiger partial charge in [-0.25, -0.2) is 0 Å². The summed E-state index contributed by atoms with van der Waals surface area (Å²) in [4.78, 5) is 8.62. The molecule has 0 aliphatic heterocycles. The largest absolute Gasteiger partial charge is 0.309 e. The number of nitrogens with zero attached hydrogens (tertiary/aromatic N) is 3. The van der Waals surface area contributed by atoms with E-state index in [4.69, 9.17) is 0 Å². The van der Waals surface area contributed by atoms with Crippen molar-refractivity contribution in [1.29, 1.82) is 0 Å². The molecule has 0 N–H and O–H groups in total. The van der Waals surface area contributed by atoms with Gasteiger partial charge in [-0.05, 0) is 54.8 Å². The molecule has 0 fully saturated rings. The molecular weight excluding hydrogens is 330 g/mol. The second kappa shape index (κ2) is 6.06. The zero-order valence-electron chi connectivity index (χ0n) is 15.3. The van der Waals surface area contributed by atoms with Gasteiger partial charge in [0.15, 0.2) is 0 Å². The summed E-state index contributed by atoms with van der Waals surface area (Å²) in [5.74, 6) is 0. The van der Waals surface area contributed by atoms with Gasteiger partial charge in [0.05, 0.1) is 11.0 Å². The highest BCUT2D eigenvalue weighted by Crippen LogP contribution is 2.33. The molecule has 3 heterocycles. The Balaban J connectivity index is 1.75. The van der Waals surface area contributed by atoms with Crippen LogP contribution in [0, 0.1) is 13.8 Å². The predicted molar refractivity (Wildman–Crippen MR) is 111 cm³/mol. The second-order valence-electron chi connectivity index (χ2n) is 6.99. The van der Waals surface area contributed by atoms with Crippen molar-refractivity contribution < 1.29 is 0 Å². The molecule has 0 bridgehead atoms. The lowest BCUT2D eigenvalue weighted by Gasteiger charge is -2.12. The lowest BCUT2D eigenvalue weighted by atomic mass is 9.98. The van der Waals surface area contributed by atoms with Gasteiger partial charge in [-0.1, -0.05) is 35.9 Å². The fraction of sp³-hybridized carbons (Fsp3) is 0.0833. The number of benzene rings is 2. The fourth-order valence-corrected chi connectivity index (χ4v) is 3.91. The maximum absolute atomic E-state index is 4.31. The number of fused-ring (bicyclic) bond motifs is 3. The van der Waals surface area contributed by atoms with E-state index in [0.29, 0.717) is 0 Å². The molecule has 5 rings (SSSR count). The van der Waals surface area contributed by atoms with Gasteiger partial charge in [0.2, 0.25) is 0 Å². The zero-order chi connectivity index (χ0) is 18.4. The Bertz CT molecular complexity index is 1240. The van der Waals surface area contributed by atoms with E-state index < -0.39 is 0 Å². The molecule has 2 aromatic carbocycles. The monoisotopic (exact) mass is 349 g/mol. The van der Waals surface area contributed by atoms with Crippen LogP contribution < -0.4 is 0 Å². The average Bonchev–Trinajstić information content (AvgIpc) is 3.02. The summed E-state index contributed by atoms with van der Waals surface area (Å²) >= 11 is 0. The van der Waals surface area contributed by atoms with E-state index in [1.807, 2.05) is 24.8 Å². The molecule has 3 aromatic heterocycles. The van der Waals surface area contributed by atoms with Crippen LogP contribution in [0.15, 0.2) is 79.4 Å². The molecule has 0 amide bonds. The molecule has 27 heavy (non-hydrogen) atoms. The van der Waals surface area contributed by atoms with Crippen LogP contribution in [0.2, 0.25) is 0 Å². The van der Waals surface area contributed by atoms with Crippen LogP contribution >= 0.6 is 0 Å². The quantitative estimate of drug-likeness (QED) is 0.400. The first-order chi connectivity index (χ1) is 13.2. The number of aromatic nitrogens is 3. The Labute approximate surface area is 157 Å². The SMILES string of the molecule is Cc1cccc(-c2ccc(-n3c4ccncc4c4cnccc43)cc2C)c1. The summed E-state index contributed by atoms with van der Waals surface area (Å²) in [7, 11) is 0. The number of hydrogen-bond donors (Lipinski definition) is 0. The molecule has 0 atom stereocenters. The first-order valence-electron chi connectivity index (χ1n) is 9.08. The zero-order valence-corrected chi connectivity index (χ0v) is 15.3. The van der Waals surface area contributed by atoms with Crippen molar-refractivity contribution in [2.45, 2.75) is 13.8 Å². The molecule has 0 saturated heterocycles. The minimum absolute atomic E-state index is 1.13. The molecule has 0 radical (unpaired) electrons. The summed E-state index contributed by atoms with van der Waals surface area (Å²) in [6, 6.07) is 19.5. The molecule has 0 aliphatic carbocycles. The molecule has 5 aromatic rings. The van der Waals surface area contributed by atoms with Gasteiger partial charge in [-0.2, -0.15) is 0 Å². The number of rotatable bonds is 2. The second-order valence-corrected chi connectivity index (χ2v) is 6.99. The third-order valence-electron chi connectivity index (χ3n) is 5.17. The minimum atomic E-state index is 1.13. The van der Waals surface area contributed by atoms with Gasteiger partial charge in [-0.15, -0.1) is 0 Å². The molecule has 0 spiro atoms. The van der Waals surface area contributed by atoms with Crippen LogP contribution in [-0.2, 0) is 0 Å². The average molecular weight is 349 g/mol. The fourth-order valence-electron chi connectivity index (χ4n) is 3.91. The smallest absolute Gasteiger partial charge is 0.0572 e. The van der Waals surface area contributed by atoms with Crippen molar-refractivity contribution in [2.24, 2.45) is 0 Å². The lowest BCUT2D eigenvalue weighted by molar-refractivity contribution is 1.16. The highest BCUT2D eigenvalue weighted by Gasteiger charge is 2.13. The van der Waals surface area contributed by atoms with E-state index in [-0.39, 0.29) is 0 Å². The van der Waals surface area contributed by atoms with E-state index in [0.717, 1.165) is 27.5 Å². The van der Waals surface area contributed by atoms with Gasteiger partial charge in [0.1, 0.15) is 0 Å². The van der Waals surface area contributed by atoms with E-state index in [2.05, 4.69) is 83.0 Å². The summed E-state index contributed by atoms with van der Waals surface area (Å²) in [5, 5.41) is 2.25. The van der Waals surface area contributed by atoms with Crippen molar-refractivity contribution in [3.05, 3.63) is 90.5 Å². The van der Waals surface area contributed by atoms with Gasteiger partial charge >= 0.3 is 0 Å². The van der Waals surface area contributed by atoms with Gasteiger partial charge in [0, 0.05) is 41.2 Å². The number of hydrogen-bond acceptors (Lipinski definition) is 2. The Morgan fingerprint density at radius 2 is 1.44 bits per heavy atom. The molecule has 0 aliphatic rings. The summed E-state index contributed by atoms with van der Waals surface area (Å²) < 4.78 is 2.29. The van der Waals surface area contributed by atoms with Crippen LogP contribution in [0.5, 0.6) is 0 Å². The van der Waals surface area contributed by atoms with Crippen molar-refractivity contribution in [3.63, 3.8) is 0 Å². The van der Waals surface area contributed by atoms with Crippen LogP contribution in [0.3, 0.4) is 0 Å². The Kier molecular flexibility index (Phi) is 3.54. The molecule has 3 nitrogen and oxygen atoms in total. The molecule has 0 unspecified atom stereocenters. The molecule has 0 saturated carbocycles. The van der Waals surface area contributed by atoms with E-state index >= 15 is 0 Å². The van der Waals surface area contributed by atoms with Crippen molar-refractivity contribution in [3.8, 4) is 16.8 Å². The van der Waals surface area contributed by atoms with E-state index in [9.17, 15) is 0 Å². The number of aryl methyl sites for hydroxylation is 2. The topological polar surface area (TPSA) is 30.7 Å². The number of pyridine rings is 2. The summed E-state index contributed by atoms with van der Waals surface area (Å²) in [6.07, 6.45) is 7.53. The first-order valence-corrected chi connectivity index (χ1v) is 9.08. The van der Waals surface area contributed by atoms with Crippen LogP contribution in [0.1, 0.15) is 11.1 Å². The van der Waals surface area contributed by atoms with Crippen molar-refractivity contribution >= 4 is 21.8 Å². The third-order valence-corrected chi connectivity index (χ3v) is 5.17. The van der Waals surface area contributed by atoms with E-state index in [1.54, 1.807) is 0 Å². The summed E-state index contributed by atoms with van der Waals surface area (Å²) in [6.45, 7) is 4.31. The van der Waals surface area contributed by atoms with E-state index in [1.165, 1.54) is 22.3 Å². The predicted octanol–water partition coefficient (Wildman–Crippen LogP) is 5.86. The Morgan fingerprint density at radius 1 is 0.741 bits per heavy atom. The minimum Gasteiger partial charge on any atom is -0.309 e.